The molecule has 1 heterocycles. The van der Waals surface area contributed by atoms with Gasteiger partial charge in [-0.3, -0.25) is 9.97 Å². The lowest BCUT2D eigenvalue weighted by atomic mass is 10.1. The lowest BCUT2D eigenvalue weighted by Gasteiger charge is -2.10. The van der Waals surface area contributed by atoms with Crippen LogP contribution in [0.1, 0.15) is 23.1 Å². The third-order valence-electron chi connectivity index (χ3n) is 2.46. The summed E-state index contributed by atoms with van der Waals surface area (Å²) in [5, 5.41) is 10.0. The van der Waals surface area contributed by atoms with Crippen LogP contribution in [0.25, 0.3) is 0 Å². The Balaban J connectivity index is 2.11. The average Bonchev–Trinajstić information content (AvgIpc) is 2.29. The van der Waals surface area contributed by atoms with Crippen LogP contribution >= 0.6 is 15.9 Å². The van der Waals surface area contributed by atoms with E-state index in [2.05, 4.69) is 25.9 Å². The second kappa shape index (κ2) is 5.38. The number of aromatic nitrogens is 2. The zero-order valence-electron chi connectivity index (χ0n) is 9.47. The average molecular weight is 293 g/mol. The van der Waals surface area contributed by atoms with E-state index in [0.717, 1.165) is 15.7 Å². The number of benzene rings is 1. The molecule has 0 radical (unpaired) electrons. The second-order valence-corrected chi connectivity index (χ2v) is 4.85. The van der Waals surface area contributed by atoms with E-state index in [-0.39, 0.29) is 0 Å². The van der Waals surface area contributed by atoms with Gasteiger partial charge in [-0.25, -0.2) is 0 Å². The fraction of sp³-hybridized carbons (Fsp3) is 0.231. The van der Waals surface area contributed by atoms with E-state index in [4.69, 9.17) is 0 Å². The van der Waals surface area contributed by atoms with Crippen molar-refractivity contribution in [3.05, 3.63) is 58.1 Å². The van der Waals surface area contributed by atoms with Gasteiger partial charge in [0.05, 0.1) is 17.6 Å². The van der Waals surface area contributed by atoms with E-state index >= 15 is 0 Å². The second-order valence-electron chi connectivity index (χ2n) is 3.93. The Morgan fingerprint density at radius 3 is 2.76 bits per heavy atom. The van der Waals surface area contributed by atoms with Crippen LogP contribution in [0.2, 0.25) is 0 Å². The van der Waals surface area contributed by atoms with Crippen LogP contribution in [0.5, 0.6) is 0 Å². The first kappa shape index (κ1) is 12.2. The SMILES string of the molecule is Cc1cnc(C(O)Cc2cccc(Br)c2)cn1. The van der Waals surface area contributed by atoms with E-state index in [0.29, 0.717) is 12.1 Å². The van der Waals surface area contributed by atoms with Crippen molar-refractivity contribution < 1.29 is 5.11 Å². The molecule has 4 heteroatoms. The maximum Gasteiger partial charge on any atom is 0.102 e. The molecule has 0 spiro atoms. The Morgan fingerprint density at radius 1 is 1.29 bits per heavy atom. The molecule has 0 saturated heterocycles. The maximum atomic E-state index is 10.0. The van der Waals surface area contributed by atoms with Crippen molar-refractivity contribution in [3.63, 3.8) is 0 Å². The molecule has 1 aromatic heterocycles. The maximum absolute atomic E-state index is 10.0. The van der Waals surface area contributed by atoms with Gasteiger partial charge in [-0.15, -0.1) is 0 Å². The standard InChI is InChI=1S/C13H13BrN2O/c1-9-7-16-12(8-15-9)13(17)6-10-3-2-4-11(14)5-10/h2-5,7-8,13,17H,6H2,1H3. The predicted octanol–water partition coefficient (Wildman–Crippen LogP) is 2.82. The number of aryl methyl sites for hydroxylation is 1. The van der Waals surface area contributed by atoms with Gasteiger partial charge >= 0.3 is 0 Å². The minimum atomic E-state index is -0.614. The van der Waals surface area contributed by atoms with Crippen molar-refractivity contribution in [2.75, 3.05) is 0 Å². The first-order valence-corrected chi connectivity index (χ1v) is 6.15. The first-order chi connectivity index (χ1) is 8.15. The molecule has 1 N–H and O–H groups in total. The van der Waals surface area contributed by atoms with Gasteiger partial charge in [0.2, 0.25) is 0 Å². The summed E-state index contributed by atoms with van der Waals surface area (Å²) in [6, 6.07) is 7.88. The highest BCUT2D eigenvalue weighted by Gasteiger charge is 2.10. The molecule has 2 aromatic rings. The summed E-state index contributed by atoms with van der Waals surface area (Å²) < 4.78 is 1.01. The van der Waals surface area contributed by atoms with E-state index in [1.54, 1.807) is 12.4 Å². The first-order valence-electron chi connectivity index (χ1n) is 5.36. The van der Waals surface area contributed by atoms with Crippen molar-refractivity contribution in [2.45, 2.75) is 19.4 Å². The number of rotatable bonds is 3. The van der Waals surface area contributed by atoms with Gasteiger partial charge in [0.15, 0.2) is 0 Å². The highest BCUT2D eigenvalue weighted by atomic mass is 79.9. The molecule has 17 heavy (non-hydrogen) atoms. The van der Waals surface area contributed by atoms with Crippen LogP contribution in [0.3, 0.4) is 0 Å². The lowest BCUT2D eigenvalue weighted by Crippen LogP contribution is -2.05. The number of hydrogen-bond acceptors (Lipinski definition) is 3. The quantitative estimate of drug-likeness (QED) is 0.946. The summed E-state index contributed by atoms with van der Waals surface area (Å²) in [7, 11) is 0. The summed E-state index contributed by atoms with van der Waals surface area (Å²) in [5.41, 5.74) is 2.52. The Hall–Kier alpha value is -1.26. The van der Waals surface area contributed by atoms with Crippen molar-refractivity contribution in [1.29, 1.82) is 0 Å². The minimum absolute atomic E-state index is 0.539. The topological polar surface area (TPSA) is 46.0 Å². The number of aliphatic hydroxyl groups excluding tert-OH is 1. The smallest absolute Gasteiger partial charge is 0.102 e. The molecule has 0 bridgehead atoms. The van der Waals surface area contributed by atoms with Gasteiger partial charge < -0.3 is 5.11 Å². The molecule has 0 aliphatic rings. The molecule has 0 aliphatic heterocycles. The highest BCUT2D eigenvalue weighted by molar-refractivity contribution is 9.10. The van der Waals surface area contributed by atoms with Crippen molar-refractivity contribution in [2.24, 2.45) is 0 Å². The zero-order chi connectivity index (χ0) is 12.3. The number of nitrogens with zero attached hydrogens (tertiary/aromatic N) is 2. The van der Waals surface area contributed by atoms with E-state index < -0.39 is 6.10 Å². The molecule has 0 saturated carbocycles. The highest BCUT2D eigenvalue weighted by Crippen LogP contribution is 2.18. The number of hydrogen-bond donors (Lipinski definition) is 1. The third kappa shape index (κ3) is 3.35. The minimum Gasteiger partial charge on any atom is -0.386 e. The van der Waals surface area contributed by atoms with Crippen LogP contribution < -0.4 is 0 Å². The van der Waals surface area contributed by atoms with Gasteiger partial charge in [-0.2, -0.15) is 0 Å². The van der Waals surface area contributed by atoms with E-state index in [1.165, 1.54) is 0 Å². The molecule has 1 atom stereocenters. The molecule has 0 fully saturated rings. The Bertz CT molecular complexity index is 499. The van der Waals surface area contributed by atoms with Gasteiger partial charge in [-0.05, 0) is 24.6 Å². The van der Waals surface area contributed by atoms with Crippen LogP contribution in [0.15, 0.2) is 41.1 Å². The summed E-state index contributed by atoms with van der Waals surface area (Å²) in [5.74, 6) is 0. The van der Waals surface area contributed by atoms with Gasteiger partial charge in [0, 0.05) is 17.1 Å². The van der Waals surface area contributed by atoms with Crippen molar-refractivity contribution >= 4 is 15.9 Å². The third-order valence-corrected chi connectivity index (χ3v) is 2.95. The Morgan fingerprint density at radius 2 is 2.12 bits per heavy atom. The number of aliphatic hydroxyl groups is 1. The molecule has 1 aromatic carbocycles. The predicted molar refractivity (Wildman–Crippen MR) is 69.6 cm³/mol. The summed E-state index contributed by atoms with van der Waals surface area (Å²) in [4.78, 5) is 8.30. The van der Waals surface area contributed by atoms with Gasteiger partial charge in [0.1, 0.15) is 6.10 Å². The summed E-state index contributed by atoms with van der Waals surface area (Å²) in [6.45, 7) is 1.87. The van der Waals surface area contributed by atoms with Crippen molar-refractivity contribution in [1.82, 2.24) is 9.97 Å². The molecule has 0 amide bonds. The lowest BCUT2D eigenvalue weighted by molar-refractivity contribution is 0.173. The van der Waals surface area contributed by atoms with E-state index in [9.17, 15) is 5.11 Å². The zero-order valence-corrected chi connectivity index (χ0v) is 11.1. The van der Waals surface area contributed by atoms with Crippen LogP contribution in [-0.4, -0.2) is 15.1 Å². The molecule has 3 nitrogen and oxygen atoms in total. The molecule has 88 valence electrons. The summed E-state index contributed by atoms with van der Waals surface area (Å²) in [6.07, 6.45) is 3.21. The molecular weight excluding hydrogens is 280 g/mol. The Kier molecular flexibility index (Phi) is 3.86. The van der Waals surface area contributed by atoms with Gasteiger partial charge in [-0.1, -0.05) is 28.1 Å². The van der Waals surface area contributed by atoms with Crippen LogP contribution in [0, 0.1) is 6.92 Å². The monoisotopic (exact) mass is 292 g/mol. The van der Waals surface area contributed by atoms with Crippen LogP contribution in [0.4, 0.5) is 0 Å². The molecule has 2 rings (SSSR count). The van der Waals surface area contributed by atoms with E-state index in [1.807, 2.05) is 31.2 Å². The molecule has 1 unspecified atom stereocenters. The fourth-order valence-corrected chi connectivity index (χ4v) is 2.01. The largest absolute Gasteiger partial charge is 0.386 e. The van der Waals surface area contributed by atoms with Gasteiger partial charge in [0.25, 0.3) is 0 Å². The summed E-state index contributed by atoms with van der Waals surface area (Å²) >= 11 is 3.41. The number of halogens is 1. The molecule has 0 aliphatic carbocycles. The Labute approximate surface area is 109 Å². The fourth-order valence-electron chi connectivity index (χ4n) is 1.57. The normalized spacial score (nSPS) is 12.4. The van der Waals surface area contributed by atoms with Crippen LogP contribution in [-0.2, 0) is 6.42 Å². The van der Waals surface area contributed by atoms with Crippen molar-refractivity contribution in [3.8, 4) is 0 Å². The molecular formula is C13H13BrN2O.